The number of hydrogen-bond donors (Lipinski definition) is 5. The van der Waals surface area contributed by atoms with Crippen LogP contribution in [0.3, 0.4) is 0 Å². The van der Waals surface area contributed by atoms with Gasteiger partial charge in [-0.25, -0.2) is 0 Å². The van der Waals surface area contributed by atoms with Crippen molar-refractivity contribution in [3.63, 3.8) is 0 Å². The molecule has 0 bridgehead atoms. The van der Waals surface area contributed by atoms with Crippen molar-refractivity contribution in [3.05, 3.63) is 0 Å². The molecule has 0 saturated carbocycles. The molecule has 2 unspecified atom stereocenters. The monoisotopic (exact) mass is 226 g/mol. The molecule has 0 rings (SSSR count). The molecule has 0 aliphatic rings. The lowest BCUT2D eigenvalue weighted by molar-refractivity contribution is -0.0177. The van der Waals surface area contributed by atoms with Crippen LogP contribution < -0.4 is 0 Å². The summed E-state index contributed by atoms with van der Waals surface area (Å²) in [6, 6.07) is 0. The zero-order valence-electron chi connectivity index (χ0n) is 9.20. The summed E-state index contributed by atoms with van der Waals surface area (Å²) in [6.45, 7) is 2.97. The van der Waals surface area contributed by atoms with Crippen molar-refractivity contribution in [1.29, 1.82) is 0 Å². The molecule has 0 aromatic carbocycles. The molecule has 0 spiro atoms. The summed E-state index contributed by atoms with van der Waals surface area (Å²) < 4.78 is 4.95. The van der Waals surface area contributed by atoms with Crippen molar-refractivity contribution in [2.75, 3.05) is 26.4 Å². The van der Waals surface area contributed by atoms with Crippen LogP contribution in [-0.2, 0) is 4.74 Å². The van der Waals surface area contributed by atoms with Gasteiger partial charge in [0.15, 0.2) is 0 Å². The number of aliphatic hydroxyl groups is 5. The van der Waals surface area contributed by atoms with Crippen molar-refractivity contribution < 1.29 is 30.3 Å². The predicted molar refractivity (Wildman–Crippen MR) is 54.4 cm³/mol. The first kappa shape index (κ1) is 17.2. The van der Waals surface area contributed by atoms with E-state index in [1.807, 2.05) is 0 Å². The number of aliphatic hydroxyl groups excluding tert-OH is 5. The highest BCUT2D eigenvalue weighted by Gasteiger charge is 2.00. The predicted octanol–water partition coefficient (Wildman–Crippen LogP) is -1.90. The topological polar surface area (TPSA) is 110 Å². The molecule has 94 valence electrons. The Morgan fingerprint density at radius 1 is 0.933 bits per heavy atom. The minimum absolute atomic E-state index is 0.00667. The average molecular weight is 226 g/mol. The van der Waals surface area contributed by atoms with E-state index in [9.17, 15) is 0 Å². The van der Waals surface area contributed by atoms with E-state index >= 15 is 0 Å². The third-order valence-corrected chi connectivity index (χ3v) is 1.30. The van der Waals surface area contributed by atoms with E-state index in [1.165, 1.54) is 0 Å². The van der Waals surface area contributed by atoms with Gasteiger partial charge in [0.25, 0.3) is 0 Å². The largest absolute Gasteiger partial charge is 0.394 e. The molecule has 2 atom stereocenters. The Balaban J connectivity index is 0. The van der Waals surface area contributed by atoms with Gasteiger partial charge in [0.2, 0.25) is 0 Å². The Kier molecular flexibility index (Phi) is 13.5. The Morgan fingerprint density at radius 2 is 1.40 bits per heavy atom. The molecule has 5 N–H and O–H groups in total. The second-order valence-corrected chi connectivity index (χ2v) is 3.19. The van der Waals surface area contributed by atoms with Gasteiger partial charge in [-0.3, -0.25) is 0 Å². The summed E-state index contributed by atoms with van der Waals surface area (Å²) in [6.07, 6.45) is -1.57. The lowest BCUT2D eigenvalue weighted by Gasteiger charge is -2.10. The van der Waals surface area contributed by atoms with Crippen LogP contribution in [0.25, 0.3) is 0 Å². The molecule has 0 aliphatic heterocycles. The highest BCUT2D eigenvalue weighted by Crippen LogP contribution is 1.90. The van der Waals surface area contributed by atoms with E-state index in [1.54, 1.807) is 13.8 Å². The molecule has 15 heavy (non-hydrogen) atoms. The van der Waals surface area contributed by atoms with Crippen LogP contribution in [0.1, 0.15) is 13.8 Å². The zero-order chi connectivity index (χ0) is 12.3. The Hall–Kier alpha value is -0.240. The van der Waals surface area contributed by atoms with Gasteiger partial charge in [0.1, 0.15) is 6.10 Å². The molecule has 6 nitrogen and oxygen atoms in total. The van der Waals surface area contributed by atoms with Crippen LogP contribution in [0.2, 0.25) is 0 Å². The second-order valence-electron chi connectivity index (χ2n) is 3.19. The normalized spacial score (nSPS) is 14.4. The lowest BCUT2D eigenvalue weighted by Crippen LogP contribution is -2.19. The summed E-state index contributed by atoms with van der Waals surface area (Å²) in [5.41, 5.74) is 0. The maximum Gasteiger partial charge on any atom is 0.100 e. The van der Waals surface area contributed by atoms with Crippen LogP contribution in [0.5, 0.6) is 0 Å². The van der Waals surface area contributed by atoms with Crippen molar-refractivity contribution in [3.8, 4) is 0 Å². The van der Waals surface area contributed by atoms with E-state index < -0.39 is 12.2 Å². The van der Waals surface area contributed by atoms with Gasteiger partial charge in [-0.05, 0) is 13.8 Å². The molecule has 0 aromatic heterocycles. The van der Waals surface area contributed by atoms with Crippen molar-refractivity contribution in [2.24, 2.45) is 0 Å². The van der Waals surface area contributed by atoms with E-state index in [2.05, 4.69) is 0 Å². The average Bonchev–Trinajstić information content (AvgIpc) is 2.25. The fraction of sp³-hybridized carbons (Fsp3) is 1.00. The molecular weight excluding hydrogens is 204 g/mol. The summed E-state index contributed by atoms with van der Waals surface area (Å²) in [5.74, 6) is 0. The van der Waals surface area contributed by atoms with Gasteiger partial charge < -0.3 is 30.3 Å². The van der Waals surface area contributed by atoms with Crippen molar-refractivity contribution in [1.82, 2.24) is 0 Å². The number of rotatable bonds is 6. The minimum Gasteiger partial charge on any atom is -0.394 e. The van der Waals surface area contributed by atoms with Gasteiger partial charge in [0, 0.05) is 0 Å². The van der Waals surface area contributed by atoms with Crippen LogP contribution in [0.4, 0.5) is 0 Å². The van der Waals surface area contributed by atoms with E-state index in [0.29, 0.717) is 6.61 Å². The standard InChI is InChI=1S/C6H14O3.C3H8O3/c1-5(8)4-9-6(2)3-7;4-1-3(6)2-5/h5-8H,3-4H2,1-2H3;3-6H,1-2H2. The molecule has 0 radical (unpaired) electrons. The van der Waals surface area contributed by atoms with E-state index in [-0.39, 0.29) is 25.9 Å². The minimum atomic E-state index is -0.954. The van der Waals surface area contributed by atoms with Gasteiger partial charge in [0.05, 0.1) is 38.6 Å². The molecule has 0 amide bonds. The fourth-order valence-corrected chi connectivity index (χ4v) is 0.414. The Labute approximate surface area is 89.7 Å². The van der Waals surface area contributed by atoms with Gasteiger partial charge in [-0.2, -0.15) is 0 Å². The van der Waals surface area contributed by atoms with Crippen molar-refractivity contribution >= 4 is 0 Å². The van der Waals surface area contributed by atoms with Gasteiger partial charge in [-0.1, -0.05) is 0 Å². The first-order valence-corrected chi connectivity index (χ1v) is 4.78. The molecule has 0 fully saturated rings. The molecule has 0 aliphatic carbocycles. The van der Waals surface area contributed by atoms with Gasteiger partial charge in [-0.15, -0.1) is 0 Å². The molecule has 0 aromatic rings. The summed E-state index contributed by atoms with van der Waals surface area (Å²) in [7, 11) is 0. The molecule has 0 saturated heterocycles. The Bertz CT molecular complexity index is 115. The molecule has 0 heterocycles. The first-order valence-electron chi connectivity index (χ1n) is 4.78. The van der Waals surface area contributed by atoms with Crippen LogP contribution in [0.15, 0.2) is 0 Å². The summed E-state index contributed by atoms with van der Waals surface area (Å²) >= 11 is 0. The number of hydrogen-bond acceptors (Lipinski definition) is 6. The van der Waals surface area contributed by atoms with Crippen LogP contribution >= 0.6 is 0 Å². The highest BCUT2D eigenvalue weighted by atomic mass is 16.5. The van der Waals surface area contributed by atoms with Crippen molar-refractivity contribution in [2.45, 2.75) is 32.2 Å². The summed E-state index contributed by atoms with van der Waals surface area (Å²) in [4.78, 5) is 0. The fourth-order valence-electron chi connectivity index (χ4n) is 0.414. The van der Waals surface area contributed by atoms with Crippen LogP contribution in [-0.4, -0.2) is 70.3 Å². The highest BCUT2D eigenvalue weighted by molar-refractivity contribution is 4.47. The third-order valence-electron chi connectivity index (χ3n) is 1.30. The SMILES string of the molecule is CC(O)COC(C)CO.OCC(O)CO. The maximum absolute atomic E-state index is 8.69. The molecule has 6 heteroatoms. The van der Waals surface area contributed by atoms with E-state index in [4.69, 9.17) is 30.3 Å². The lowest BCUT2D eigenvalue weighted by atomic mass is 10.4. The number of ether oxygens (including phenoxy) is 1. The Morgan fingerprint density at radius 3 is 1.60 bits per heavy atom. The van der Waals surface area contributed by atoms with Crippen LogP contribution in [0, 0.1) is 0 Å². The smallest absolute Gasteiger partial charge is 0.100 e. The first-order chi connectivity index (χ1) is 6.97. The molecular formula is C9H22O6. The summed E-state index contributed by atoms with van der Waals surface area (Å²) in [5, 5.41) is 41.1. The zero-order valence-corrected chi connectivity index (χ0v) is 9.20. The van der Waals surface area contributed by atoms with E-state index in [0.717, 1.165) is 0 Å². The third kappa shape index (κ3) is 16.4. The van der Waals surface area contributed by atoms with Gasteiger partial charge >= 0.3 is 0 Å². The quantitative estimate of drug-likeness (QED) is 0.362. The maximum atomic E-state index is 8.69. The second kappa shape index (κ2) is 11.8.